The average Bonchev–Trinajstić information content (AvgIpc) is 2.53. The Balaban J connectivity index is 2.13. The van der Waals surface area contributed by atoms with Gasteiger partial charge in [0, 0.05) is 12.3 Å². The van der Waals surface area contributed by atoms with Crippen LogP contribution in [0.3, 0.4) is 0 Å². The van der Waals surface area contributed by atoms with Gasteiger partial charge in [-0.05, 0) is 40.8 Å². The number of hydrogen-bond acceptors (Lipinski definition) is 3. The summed E-state index contributed by atoms with van der Waals surface area (Å²) in [5.41, 5.74) is 1.88. The molecule has 26 heavy (non-hydrogen) atoms. The summed E-state index contributed by atoms with van der Waals surface area (Å²) in [5.74, 6) is -1.25. The Kier molecular flexibility index (Phi) is 5.66. The summed E-state index contributed by atoms with van der Waals surface area (Å²) in [7, 11) is -3.49. The largest absolute Gasteiger partial charge is 0.320 e. The molecule has 4 nitrogen and oxygen atoms in total. The molecule has 2 rings (SSSR count). The second-order valence-electron chi connectivity index (χ2n) is 7.11. The molecular formula is C20H22FNO3S. The lowest BCUT2D eigenvalue weighted by molar-refractivity contribution is -0.111. The van der Waals surface area contributed by atoms with E-state index in [9.17, 15) is 17.6 Å². The molecule has 0 radical (unpaired) electrons. The van der Waals surface area contributed by atoms with Crippen molar-refractivity contribution < 1.29 is 17.6 Å². The Morgan fingerprint density at radius 1 is 1.08 bits per heavy atom. The number of sulfone groups is 1. The molecule has 1 amide bonds. The topological polar surface area (TPSA) is 63.2 Å². The fraction of sp³-hybridized carbons (Fsp3) is 0.250. The Labute approximate surface area is 153 Å². The molecule has 0 heterocycles. The molecule has 2 aromatic carbocycles. The van der Waals surface area contributed by atoms with Crippen molar-refractivity contribution in [1.82, 2.24) is 0 Å². The fourth-order valence-electron chi connectivity index (χ4n) is 2.27. The van der Waals surface area contributed by atoms with Crippen LogP contribution in [0.2, 0.25) is 0 Å². The van der Waals surface area contributed by atoms with Gasteiger partial charge in [-0.25, -0.2) is 12.8 Å². The van der Waals surface area contributed by atoms with E-state index >= 15 is 0 Å². The van der Waals surface area contributed by atoms with Crippen molar-refractivity contribution in [3.63, 3.8) is 0 Å². The molecule has 0 aliphatic heterocycles. The SMILES string of the molecule is CC(C)(C)c1ccc(C=CC(=O)Nc2cc(S(C)(=O)=O)ccc2F)cc1. The Bertz CT molecular complexity index is 940. The van der Waals surface area contributed by atoms with E-state index in [-0.39, 0.29) is 16.0 Å². The van der Waals surface area contributed by atoms with Crippen LogP contribution in [-0.4, -0.2) is 20.6 Å². The summed E-state index contributed by atoms with van der Waals surface area (Å²) in [4.78, 5) is 12.0. The van der Waals surface area contributed by atoms with Crippen LogP contribution >= 0.6 is 0 Å². The van der Waals surface area contributed by atoms with E-state index in [0.717, 1.165) is 30.0 Å². The van der Waals surface area contributed by atoms with E-state index in [2.05, 4.69) is 26.1 Å². The minimum atomic E-state index is -3.49. The Hall–Kier alpha value is -2.47. The van der Waals surface area contributed by atoms with Gasteiger partial charge >= 0.3 is 0 Å². The van der Waals surface area contributed by atoms with Gasteiger partial charge in [-0.1, -0.05) is 45.0 Å². The van der Waals surface area contributed by atoms with Gasteiger partial charge in [-0.3, -0.25) is 4.79 Å². The van der Waals surface area contributed by atoms with Crippen LogP contribution in [0.4, 0.5) is 10.1 Å². The molecule has 0 spiro atoms. The summed E-state index contributed by atoms with van der Waals surface area (Å²) >= 11 is 0. The van der Waals surface area contributed by atoms with Crippen molar-refractivity contribution in [2.45, 2.75) is 31.1 Å². The highest BCUT2D eigenvalue weighted by molar-refractivity contribution is 7.90. The highest BCUT2D eigenvalue weighted by Gasteiger charge is 2.13. The zero-order valence-electron chi connectivity index (χ0n) is 15.2. The second kappa shape index (κ2) is 7.41. The number of carbonyl (C=O) groups is 1. The fourth-order valence-corrected chi connectivity index (χ4v) is 2.92. The molecule has 6 heteroatoms. The molecule has 0 fully saturated rings. The minimum Gasteiger partial charge on any atom is -0.320 e. The van der Waals surface area contributed by atoms with Crippen LogP contribution in [0, 0.1) is 5.82 Å². The number of halogens is 1. The van der Waals surface area contributed by atoms with Crippen LogP contribution in [-0.2, 0) is 20.0 Å². The van der Waals surface area contributed by atoms with Gasteiger partial charge in [-0.2, -0.15) is 0 Å². The normalized spacial score (nSPS) is 12.3. The molecule has 0 unspecified atom stereocenters. The molecule has 0 bridgehead atoms. The van der Waals surface area contributed by atoms with Crippen LogP contribution in [0.1, 0.15) is 31.9 Å². The zero-order valence-corrected chi connectivity index (χ0v) is 16.0. The predicted octanol–water partition coefficient (Wildman–Crippen LogP) is 4.18. The van der Waals surface area contributed by atoms with Crippen LogP contribution < -0.4 is 5.32 Å². The van der Waals surface area contributed by atoms with Crippen LogP contribution in [0.5, 0.6) is 0 Å². The third kappa shape index (κ3) is 5.26. The number of rotatable bonds is 4. The lowest BCUT2D eigenvalue weighted by Gasteiger charge is -2.18. The molecule has 0 atom stereocenters. The monoisotopic (exact) mass is 375 g/mol. The molecule has 138 valence electrons. The molecule has 0 aliphatic rings. The highest BCUT2D eigenvalue weighted by atomic mass is 32.2. The van der Waals surface area contributed by atoms with Crippen molar-refractivity contribution in [3.8, 4) is 0 Å². The van der Waals surface area contributed by atoms with Gasteiger partial charge < -0.3 is 5.32 Å². The lowest BCUT2D eigenvalue weighted by Crippen LogP contribution is -2.11. The first-order valence-corrected chi connectivity index (χ1v) is 9.95. The number of carbonyl (C=O) groups excluding carboxylic acids is 1. The molecule has 0 aromatic heterocycles. The first-order valence-electron chi connectivity index (χ1n) is 8.06. The first kappa shape index (κ1) is 19.8. The second-order valence-corrected chi connectivity index (χ2v) is 9.12. The number of benzene rings is 2. The van der Waals surface area contributed by atoms with Crippen molar-refractivity contribution in [2.75, 3.05) is 11.6 Å². The standard InChI is InChI=1S/C20H22FNO3S/c1-20(2,3)15-8-5-14(6-9-15)7-12-19(23)22-18-13-16(26(4,24)25)10-11-17(18)21/h5-13H,1-4H3,(H,22,23). The number of nitrogens with one attached hydrogen (secondary N) is 1. The van der Waals surface area contributed by atoms with Crippen LogP contribution in [0.15, 0.2) is 53.4 Å². The van der Waals surface area contributed by atoms with E-state index in [4.69, 9.17) is 0 Å². The first-order chi connectivity index (χ1) is 12.0. The molecular weight excluding hydrogens is 353 g/mol. The highest BCUT2D eigenvalue weighted by Crippen LogP contribution is 2.23. The molecule has 2 aromatic rings. The maximum atomic E-state index is 13.8. The maximum absolute atomic E-state index is 13.8. The van der Waals surface area contributed by atoms with E-state index in [1.165, 1.54) is 11.6 Å². The van der Waals surface area contributed by atoms with Crippen molar-refractivity contribution in [1.29, 1.82) is 0 Å². The van der Waals surface area contributed by atoms with Gasteiger partial charge in [-0.15, -0.1) is 0 Å². The quantitative estimate of drug-likeness (QED) is 0.644. The van der Waals surface area contributed by atoms with Gasteiger partial charge in [0.2, 0.25) is 5.91 Å². The maximum Gasteiger partial charge on any atom is 0.248 e. The third-order valence-corrected chi connectivity index (χ3v) is 4.94. The zero-order chi connectivity index (χ0) is 19.5. The number of anilines is 1. The summed E-state index contributed by atoms with van der Waals surface area (Å²) in [5, 5.41) is 2.36. The lowest BCUT2D eigenvalue weighted by atomic mass is 9.87. The molecule has 1 N–H and O–H groups in total. The Morgan fingerprint density at radius 2 is 1.69 bits per heavy atom. The third-order valence-electron chi connectivity index (χ3n) is 3.83. The minimum absolute atomic E-state index is 0.0434. The number of amides is 1. The van der Waals surface area contributed by atoms with E-state index < -0.39 is 21.6 Å². The van der Waals surface area contributed by atoms with E-state index in [0.29, 0.717) is 0 Å². The summed E-state index contributed by atoms with van der Waals surface area (Å²) in [6.45, 7) is 6.35. The van der Waals surface area contributed by atoms with E-state index in [1.807, 2.05) is 24.3 Å². The number of hydrogen-bond donors (Lipinski definition) is 1. The molecule has 0 saturated heterocycles. The smallest absolute Gasteiger partial charge is 0.248 e. The van der Waals surface area contributed by atoms with Crippen LogP contribution in [0.25, 0.3) is 6.08 Å². The van der Waals surface area contributed by atoms with Crippen molar-refractivity contribution in [3.05, 3.63) is 65.5 Å². The molecule has 0 saturated carbocycles. The predicted molar refractivity (Wildman–Crippen MR) is 102 cm³/mol. The van der Waals surface area contributed by atoms with Gasteiger partial charge in [0.25, 0.3) is 0 Å². The van der Waals surface area contributed by atoms with Gasteiger partial charge in [0.05, 0.1) is 10.6 Å². The summed E-state index contributed by atoms with van der Waals surface area (Å²) < 4.78 is 36.9. The van der Waals surface area contributed by atoms with Gasteiger partial charge in [0.1, 0.15) is 5.82 Å². The summed E-state index contributed by atoms with van der Waals surface area (Å²) in [6.07, 6.45) is 3.91. The van der Waals surface area contributed by atoms with Crippen molar-refractivity contribution in [2.24, 2.45) is 0 Å². The Morgan fingerprint density at radius 3 is 2.23 bits per heavy atom. The van der Waals surface area contributed by atoms with Crippen molar-refractivity contribution >= 4 is 27.5 Å². The summed E-state index contributed by atoms with van der Waals surface area (Å²) in [6, 6.07) is 11.1. The molecule has 0 aliphatic carbocycles. The average molecular weight is 375 g/mol. The van der Waals surface area contributed by atoms with Gasteiger partial charge in [0.15, 0.2) is 9.84 Å². The van der Waals surface area contributed by atoms with E-state index in [1.54, 1.807) is 6.08 Å².